The second-order valence-electron chi connectivity index (χ2n) is 9.89. The van der Waals surface area contributed by atoms with Crippen molar-refractivity contribution >= 4 is 17.9 Å². The van der Waals surface area contributed by atoms with Gasteiger partial charge in [-0.05, 0) is 57.2 Å². The smallest absolute Gasteiger partial charge is 0.408 e. The van der Waals surface area contributed by atoms with Gasteiger partial charge in [0.15, 0.2) is 0 Å². The molecule has 0 saturated heterocycles. The van der Waals surface area contributed by atoms with E-state index in [0.29, 0.717) is 25.1 Å². The molecule has 0 bridgehead atoms. The van der Waals surface area contributed by atoms with Crippen LogP contribution in [0.3, 0.4) is 0 Å². The Bertz CT molecular complexity index is 787. The summed E-state index contributed by atoms with van der Waals surface area (Å²) in [4.78, 5) is 41.1. The summed E-state index contributed by atoms with van der Waals surface area (Å²) in [6, 6.07) is 4.53. The minimum atomic E-state index is -0.892. The van der Waals surface area contributed by atoms with Crippen molar-refractivity contribution in [2.75, 3.05) is 13.1 Å². The number of rotatable bonds is 12. The van der Waals surface area contributed by atoms with Crippen LogP contribution in [0.25, 0.3) is 0 Å². The summed E-state index contributed by atoms with van der Waals surface area (Å²) < 4.78 is 5.36. The van der Waals surface area contributed by atoms with Crippen LogP contribution >= 0.6 is 0 Å². The second-order valence-corrected chi connectivity index (χ2v) is 9.89. The van der Waals surface area contributed by atoms with Crippen LogP contribution in [0.1, 0.15) is 85.8 Å². The highest BCUT2D eigenvalue weighted by atomic mass is 16.6. The van der Waals surface area contributed by atoms with Crippen LogP contribution in [0.2, 0.25) is 0 Å². The lowest BCUT2D eigenvalue weighted by molar-refractivity contribution is -0.143. The minimum absolute atomic E-state index is 0.0749. The van der Waals surface area contributed by atoms with E-state index < -0.39 is 23.8 Å². The maximum absolute atomic E-state index is 13.8. The Morgan fingerprint density at radius 1 is 1.03 bits per heavy atom. The number of amides is 3. The van der Waals surface area contributed by atoms with Gasteiger partial charge in [0.1, 0.15) is 23.4 Å². The molecule has 0 aromatic heterocycles. The number of hydrogen-bond donors (Lipinski definition) is 3. The van der Waals surface area contributed by atoms with Crippen LogP contribution in [0.5, 0.6) is 5.75 Å². The van der Waals surface area contributed by atoms with E-state index in [-0.39, 0.29) is 23.5 Å². The molecule has 2 atom stereocenters. The Morgan fingerprint density at radius 2 is 1.65 bits per heavy atom. The summed E-state index contributed by atoms with van der Waals surface area (Å²) in [5.41, 5.74) is -0.114. The zero-order valence-electron chi connectivity index (χ0n) is 21.8. The molecule has 0 aliphatic rings. The van der Waals surface area contributed by atoms with Crippen LogP contribution in [0.4, 0.5) is 4.79 Å². The van der Waals surface area contributed by atoms with E-state index in [1.54, 1.807) is 32.9 Å². The van der Waals surface area contributed by atoms with Gasteiger partial charge < -0.3 is 25.4 Å². The maximum Gasteiger partial charge on any atom is 0.408 e. The zero-order chi connectivity index (χ0) is 25.9. The largest absolute Gasteiger partial charge is 0.508 e. The second kappa shape index (κ2) is 13.8. The fraction of sp³-hybridized carbons (Fsp3) is 0.654. The van der Waals surface area contributed by atoms with Crippen LogP contribution in [-0.4, -0.2) is 52.6 Å². The molecule has 8 heteroatoms. The van der Waals surface area contributed by atoms with Gasteiger partial charge in [0.2, 0.25) is 11.8 Å². The monoisotopic (exact) mass is 477 g/mol. The van der Waals surface area contributed by atoms with Crippen molar-refractivity contribution in [3.8, 4) is 5.75 Å². The number of phenols is 1. The Hall–Kier alpha value is -2.77. The van der Waals surface area contributed by atoms with Crippen molar-refractivity contribution < 1.29 is 24.2 Å². The molecule has 3 N–H and O–H groups in total. The van der Waals surface area contributed by atoms with Crippen LogP contribution in [0.15, 0.2) is 24.3 Å². The van der Waals surface area contributed by atoms with Crippen molar-refractivity contribution in [2.45, 2.75) is 91.8 Å². The van der Waals surface area contributed by atoms with E-state index in [1.165, 1.54) is 17.0 Å². The lowest BCUT2D eigenvalue weighted by Gasteiger charge is -2.35. The lowest BCUT2D eigenvalue weighted by atomic mass is 9.98. The first-order chi connectivity index (χ1) is 15.9. The molecule has 0 saturated carbocycles. The Labute approximate surface area is 204 Å². The van der Waals surface area contributed by atoms with Crippen LogP contribution in [-0.2, 0) is 14.3 Å². The summed E-state index contributed by atoms with van der Waals surface area (Å²) >= 11 is 0. The van der Waals surface area contributed by atoms with Crippen molar-refractivity contribution in [2.24, 2.45) is 5.92 Å². The number of nitrogens with one attached hydrogen (secondary N) is 2. The lowest BCUT2D eigenvalue weighted by Crippen LogP contribution is -2.55. The Balaban J connectivity index is 3.29. The number of benzene rings is 1. The average Bonchev–Trinajstić information content (AvgIpc) is 2.74. The summed E-state index contributed by atoms with van der Waals surface area (Å²) in [5, 5.41) is 15.4. The van der Waals surface area contributed by atoms with Gasteiger partial charge in [0.05, 0.1) is 0 Å². The van der Waals surface area contributed by atoms with E-state index >= 15 is 0 Å². The molecular formula is C26H43N3O5. The number of unbranched alkanes of at least 4 members (excludes halogenated alkanes) is 2. The molecule has 0 radical (unpaired) electrons. The highest BCUT2D eigenvalue weighted by Crippen LogP contribution is 2.26. The Morgan fingerprint density at radius 3 is 2.15 bits per heavy atom. The van der Waals surface area contributed by atoms with Crippen molar-refractivity contribution in [1.29, 1.82) is 0 Å². The third kappa shape index (κ3) is 9.61. The highest BCUT2D eigenvalue weighted by Gasteiger charge is 2.37. The number of phenolic OH excluding ortho intramolecular Hbond substituents is 1. The molecule has 192 valence electrons. The predicted molar refractivity (Wildman–Crippen MR) is 133 cm³/mol. The summed E-state index contributed by atoms with van der Waals surface area (Å²) in [6.45, 7) is 13.8. The average molecular weight is 478 g/mol. The first-order valence-electron chi connectivity index (χ1n) is 12.3. The molecular weight excluding hydrogens is 434 g/mol. The van der Waals surface area contributed by atoms with Gasteiger partial charge in [-0.25, -0.2) is 4.79 Å². The van der Waals surface area contributed by atoms with Gasteiger partial charge in [-0.1, -0.05) is 52.7 Å². The number of hydrogen-bond acceptors (Lipinski definition) is 5. The van der Waals surface area contributed by atoms with Gasteiger partial charge >= 0.3 is 6.09 Å². The Kier molecular flexibility index (Phi) is 11.9. The van der Waals surface area contributed by atoms with E-state index in [2.05, 4.69) is 17.6 Å². The van der Waals surface area contributed by atoms with Gasteiger partial charge in [0.25, 0.3) is 0 Å². The molecule has 1 rings (SSSR count). The normalized spacial score (nSPS) is 13.2. The molecule has 8 nitrogen and oxygen atoms in total. The predicted octanol–water partition coefficient (Wildman–Crippen LogP) is 4.53. The summed E-state index contributed by atoms with van der Waals surface area (Å²) in [7, 11) is 0. The summed E-state index contributed by atoms with van der Waals surface area (Å²) in [6.07, 6.45) is 2.82. The van der Waals surface area contributed by atoms with Gasteiger partial charge in [0, 0.05) is 13.1 Å². The molecule has 0 aliphatic carbocycles. The quantitative estimate of drug-likeness (QED) is 0.383. The standard InChI is InChI=1S/C26H43N3O5/c1-8-10-11-16-27-23(31)22(19-12-14-20(30)15-13-19)29(17-9-2)24(32)21(18(3)4)28-25(33)34-26(5,6)7/h12-15,18,21-22,30H,8-11,16-17H2,1-7H3,(H,27,31)(H,28,33). The van der Waals surface area contributed by atoms with E-state index in [4.69, 9.17) is 4.74 Å². The zero-order valence-corrected chi connectivity index (χ0v) is 21.8. The first-order valence-corrected chi connectivity index (χ1v) is 12.3. The fourth-order valence-corrected chi connectivity index (χ4v) is 3.55. The number of alkyl carbamates (subject to hydrolysis) is 1. The van der Waals surface area contributed by atoms with Gasteiger partial charge in [-0.2, -0.15) is 0 Å². The van der Waals surface area contributed by atoms with Crippen molar-refractivity contribution in [3.63, 3.8) is 0 Å². The van der Waals surface area contributed by atoms with E-state index in [1.807, 2.05) is 20.8 Å². The molecule has 1 aromatic carbocycles. The number of carbonyl (C=O) groups is 3. The number of aromatic hydroxyl groups is 1. The highest BCUT2D eigenvalue weighted by molar-refractivity contribution is 5.92. The minimum Gasteiger partial charge on any atom is -0.508 e. The van der Waals surface area contributed by atoms with Crippen molar-refractivity contribution in [3.05, 3.63) is 29.8 Å². The topological polar surface area (TPSA) is 108 Å². The maximum atomic E-state index is 13.8. The number of ether oxygens (including phenoxy) is 1. The molecule has 3 amide bonds. The molecule has 0 fully saturated rings. The van der Waals surface area contributed by atoms with E-state index in [9.17, 15) is 19.5 Å². The van der Waals surface area contributed by atoms with Gasteiger partial charge in [-0.15, -0.1) is 0 Å². The third-order valence-corrected chi connectivity index (χ3v) is 5.20. The van der Waals surface area contributed by atoms with Crippen molar-refractivity contribution in [1.82, 2.24) is 15.5 Å². The third-order valence-electron chi connectivity index (χ3n) is 5.20. The fourth-order valence-electron chi connectivity index (χ4n) is 3.55. The van der Waals surface area contributed by atoms with Gasteiger partial charge in [-0.3, -0.25) is 9.59 Å². The molecule has 0 heterocycles. The molecule has 2 unspecified atom stereocenters. The van der Waals surface area contributed by atoms with Crippen LogP contribution in [0, 0.1) is 5.92 Å². The number of nitrogens with zero attached hydrogens (tertiary/aromatic N) is 1. The molecule has 0 aliphatic heterocycles. The molecule has 0 spiro atoms. The number of carbonyl (C=O) groups excluding carboxylic acids is 3. The van der Waals surface area contributed by atoms with Crippen LogP contribution < -0.4 is 10.6 Å². The first kappa shape index (κ1) is 29.3. The van der Waals surface area contributed by atoms with E-state index in [0.717, 1.165) is 19.3 Å². The molecule has 34 heavy (non-hydrogen) atoms. The SMILES string of the molecule is CCCCCNC(=O)C(c1ccc(O)cc1)N(CCC)C(=O)C(NC(=O)OC(C)(C)C)C(C)C. The summed E-state index contributed by atoms with van der Waals surface area (Å²) in [5.74, 6) is -0.800. The molecule has 1 aromatic rings.